The molecule has 1 heteroatoms. The summed E-state index contributed by atoms with van der Waals surface area (Å²) in [5, 5.41) is 0. The van der Waals surface area contributed by atoms with Crippen molar-refractivity contribution in [3.8, 4) is 0 Å². The highest BCUT2D eigenvalue weighted by Gasteiger charge is 2.43. The van der Waals surface area contributed by atoms with Gasteiger partial charge < -0.3 is 0 Å². The Morgan fingerprint density at radius 1 is 1.06 bits per heavy atom. The molecule has 2 bridgehead atoms. The van der Waals surface area contributed by atoms with Crippen LogP contribution in [-0.4, -0.2) is 10.9 Å². The summed E-state index contributed by atoms with van der Waals surface area (Å²) >= 11 is 0. The van der Waals surface area contributed by atoms with E-state index in [1.165, 1.54) is 12.8 Å². The number of piperidine rings is 1. The topological polar surface area (TPSA) is 3.24 Å². The van der Waals surface area contributed by atoms with Gasteiger partial charge in [0.25, 0.3) is 0 Å². The zero-order valence-corrected chi connectivity index (χ0v) is 10.5. The Hall–Kier alpha value is -0.820. The summed E-state index contributed by atoms with van der Waals surface area (Å²) < 4.78 is 0. The smallest absolute Gasteiger partial charge is 0.0362 e. The molecular formula is C15H21N. The fraction of sp³-hybridized carbons (Fsp3) is 0.600. The number of hydrogen-bond donors (Lipinski definition) is 0. The highest BCUT2D eigenvalue weighted by molar-refractivity contribution is 5.39. The molecule has 2 aliphatic heterocycles. The molecule has 0 radical (unpaired) electrons. The zero-order valence-electron chi connectivity index (χ0n) is 10.5. The van der Waals surface area contributed by atoms with E-state index >= 15 is 0 Å². The van der Waals surface area contributed by atoms with E-state index in [1.807, 2.05) is 0 Å². The SMILES string of the molecule is CC1CC2c3ccccc3C(C1)N2C(C)C. The first-order valence-electron chi connectivity index (χ1n) is 6.54. The van der Waals surface area contributed by atoms with Crippen molar-refractivity contribution in [2.75, 3.05) is 0 Å². The summed E-state index contributed by atoms with van der Waals surface area (Å²) in [5.74, 6) is 0.873. The molecule has 1 aromatic rings. The van der Waals surface area contributed by atoms with Crippen LogP contribution < -0.4 is 0 Å². The molecule has 1 aromatic carbocycles. The van der Waals surface area contributed by atoms with Crippen molar-refractivity contribution in [3.05, 3.63) is 35.4 Å². The standard InChI is InChI=1S/C15H21N/c1-10(2)16-14-8-11(3)9-15(16)13-7-5-4-6-12(13)14/h4-7,10-11,14-15H,8-9H2,1-3H3. The lowest BCUT2D eigenvalue weighted by Crippen LogP contribution is -2.37. The molecule has 2 heterocycles. The lowest BCUT2D eigenvalue weighted by Gasteiger charge is -2.40. The van der Waals surface area contributed by atoms with Crippen LogP contribution in [-0.2, 0) is 0 Å². The number of rotatable bonds is 1. The molecule has 0 spiro atoms. The summed E-state index contributed by atoms with van der Waals surface area (Å²) in [5.41, 5.74) is 3.20. The van der Waals surface area contributed by atoms with E-state index in [4.69, 9.17) is 0 Å². The molecule has 0 aromatic heterocycles. The third-order valence-electron chi connectivity index (χ3n) is 4.28. The number of benzene rings is 1. The third-order valence-corrected chi connectivity index (χ3v) is 4.28. The van der Waals surface area contributed by atoms with Crippen LogP contribution in [0.25, 0.3) is 0 Å². The monoisotopic (exact) mass is 215 g/mol. The first kappa shape index (κ1) is 10.3. The molecule has 1 saturated heterocycles. The van der Waals surface area contributed by atoms with Crippen molar-refractivity contribution in [2.45, 2.75) is 51.7 Å². The Bertz CT molecular complexity index is 363. The van der Waals surface area contributed by atoms with E-state index in [2.05, 4.69) is 49.9 Å². The predicted molar refractivity (Wildman–Crippen MR) is 67.3 cm³/mol. The molecule has 86 valence electrons. The van der Waals surface area contributed by atoms with Gasteiger partial charge in [0.2, 0.25) is 0 Å². The summed E-state index contributed by atoms with van der Waals surface area (Å²) in [6.45, 7) is 7.08. The highest BCUT2D eigenvalue weighted by Crippen LogP contribution is 2.52. The molecule has 16 heavy (non-hydrogen) atoms. The number of fused-ring (bicyclic) bond motifs is 5. The van der Waals surface area contributed by atoms with Crippen molar-refractivity contribution in [3.63, 3.8) is 0 Å². The van der Waals surface area contributed by atoms with Crippen LogP contribution >= 0.6 is 0 Å². The van der Waals surface area contributed by atoms with Gasteiger partial charge in [-0.05, 0) is 43.7 Å². The van der Waals surface area contributed by atoms with Crippen LogP contribution in [0.2, 0.25) is 0 Å². The molecular weight excluding hydrogens is 194 g/mol. The van der Waals surface area contributed by atoms with Crippen LogP contribution in [0.1, 0.15) is 56.8 Å². The molecule has 2 atom stereocenters. The lowest BCUT2D eigenvalue weighted by atomic mass is 9.90. The minimum absolute atomic E-state index is 0.662. The Morgan fingerprint density at radius 2 is 1.56 bits per heavy atom. The summed E-state index contributed by atoms with van der Waals surface area (Å²) in [6.07, 6.45) is 2.68. The van der Waals surface area contributed by atoms with Gasteiger partial charge in [-0.25, -0.2) is 0 Å². The van der Waals surface area contributed by atoms with Crippen molar-refractivity contribution in [1.29, 1.82) is 0 Å². The molecule has 2 aliphatic rings. The van der Waals surface area contributed by atoms with Crippen LogP contribution in [0.15, 0.2) is 24.3 Å². The molecule has 1 fully saturated rings. The predicted octanol–water partition coefficient (Wildman–Crippen LogP) is 3.92. The second-order valence-electron chi connectivity index (χ2n) is 5.78. The van der Waals surface area contributed by atoms with Crippen molar-refractivity contribution >= 4 is 0 Å². The van der Waals surface area contributed by atoms with Gasteiger partial charge in [-0.3, -0.25) is 4.90 Å². The van der Waals surface area contributed by atoms with E-state index in [-0.39, 0.29) is 0 Å². The number of nitrogens with zero attached hydrogens (tertiary/aromatic N) is 1. The molecule has 0 aliphatic carbocycles. The average Bonchev–Trinajstić information content (AvgIpc) is 2.47. The van der Waals surface area contributed by atoms with Gasteiger partial charge in [0.15, 0.2) is 0 Å². The maximum Gasteiger partial charge on any atom is 0.0362 e. The van der Waals surface area contributed by atoms with Gasteiger partial charge in [-0.1, -0.05) is 31.2 Å². The molecule has 1 nitrogen and oxygen atoms in total. The molecule has 0 amide bonds. The van der Waals surface area contributed by atoms with Gasteiger partial charge in [-0.2, -0.15) is 0 Å². The summed E-state index contributed by atoms with van der Waals surface area (Å²) in [6, 6.07) is 11.1. The minimum atomic E-state index is 0.662. The summed E-state index contributed by atoms with van der Waals surface area (Å²) in [4.78, 5) is 2.73. The second kappa shape index (κ2) is 3.59. The zero-order chi connectivity index (χ0) is 11.3. The van der Waals surface area contributed by atoms with Crippen molar-refractivity contribution < 1.29 is 0 Å². The van der Waals surface area contributed by atoms with E-state index in [0.717, 1.165) is 5.92 Å². The highest BCUT2D eigenvalue weighted by atomic mass is 15.2. The largest absolute Gasteiger partial charge is 0.287 e. The molecule has 2 unspecified atom stereocenters. The normalized spacial score (nSPS) is 33.1. The van der Waals surface area contributed by atoms with Crippen molar-refractivity contribution in [1.82, 2.24) is 4.90 Å². The maximum absolute atomic E-state index is 2.73. The van der Waals surface area contributed by atoms with Gasteiger partial charge in [0.05, 0.1) is 0 Å². The third kappa shape index (κ3) is 1.34. The van der Waals surface area contributed by atoms with Gasteiger partial charge in [0.1, 0.15) is 0 Å². The number of hydrogen-bond acceptors (Lipinski definition) is 1. The summed E-state index contributed by atoms with van der Waals surface area (Å²) in [7, 11) is 0. The minimum Gasteiger partial charge on any atom is -0.287 e. The molecule has 3 rings (SSSR count). The Labute approximate surface area is 98.5 Å². The molecule has 0 saturated carbocycles. The van der Waals surface area contributed by atoms with Crippen LogP contribution in [0, 0.1) is 5.92 Å². The van der Waals surface area contributed by atoms with E-state index < -0.39 is 0 Å². The Balaban J connectivity index is 2.08. The van der Waals surface area contributed by atoms with Crippen molar-refractivity contribution in [2.24, 2.45) is 5.92 Å². The van der Waals surface area contributed by atoms with Crippen LogP contribution in [0.5, 0.6) is 0 Å². The van der Waals surface area contributed by atoms with Crippen LogP contribution in [0.3, 0.4) is 0 Å². The van der Waals surface area contributed by atoms with Gasteiger partial charge >= 0.3 is 0 Å². The quantitative estimate of drug-likeness (QED) is 0.686. The average molecular weight is 215 g/mol. The van der Waals surface area contributed by atoms with Crippen LogP contribution in [0.4, 0.5) is 0 Å². The first-order valence-corrected chi connectivity index (χ1v) is 6.54. The van der Waals surface area contributed by atoms with E-state index in [9.17, 15) is 0 Å². The fourth-order valence-corrected chi connectivity index (χ4v) is 3.73. The van der Waals surface area contributed by atoms with E-state index in [0.29, 0.717) is 18.1 Å². The second-order valence-corrected chi connectivity index (χ2v) is 5.78. The lowest BCUT2D eigenvalue weighted by molar-refractivity contribution is 0.0501. The van der Waals surface area contributed by atoms with Gasteiger partial charge in [0, 0.05) is 18.1 Å². The Kier molecular flexibility index (Phi) is 2.32. The van der Waals surface area contributed by atoms with E-state index in [1.54, 1.807) is 11.1 Å². The Morgan fingerprint density at radius 3 is 2.00 bits per heavy atom. The maximum atomic E-state index is 2.73. The molecule has 0 N–H and O–H groups in total. The van der Waals surface area contributed by atoms with Gasteiger partial charge in [-0.15, -0.1) is 0 Å². The fourth-order valence-electron chi connectivity index (χ4n) is 3.73. The first-order chi connectivity index (χ1) is 7.68.